The zero-order valence-electron chi connectivity index (χ0n) is 15.6. The number of fused-ring (bicyclic) bond motifs is 1. The van der Waals surface area contributed by atoms with Crippen molar-refractivity contribution in [2.24, 2.45) is 0 Å². The molecule has 4 rings (SSSR count). The highest BCUT2D eigenvalue weighted by Crippen LogP contribution is 2.40. The predicted molar refractivity (Wildman–Crippen MR) is 104 cm³/mol. The van der Waals surface area contributed by atoms with Gasteiger partial charge in [-0.05, 0) is 24.2 Å². The van der Waals surface area contributed by atoms with Crippen molar-refractivity contribution in [2.75, 3.05) is 32.7 Å². The van der Waals surface area contributed by atoms with Crippen molar-refractivity contribution in [2.45, 2.75) is 26.3 Å². The number of thiazole rings is 1. The Labute approximate surface area is 161 Å². The van der Waals surface area contributed by atoms with E-state index in [-0.39, 0.29) is 17.7 Å². The van der Waals surface area contributed by atoms with E-state index >= 15 is 0 Å². The third-order valence-electron chi connectivity index (χ3n) is 5.21. The molecule has 0 amide bonds. The van der Waals surface area contributed by atoms with E-state index in [1.165, 1.54) is 28.0 Å². The fourth-order valence-corrected chi connectivity index (χ4v) is 4.77. The van der Waals surface area contributed by atoms with Crippen molar-refractivity contribution in [1.82, 2.24) is 24.4 Å². The van der Waals surface area contributed by atoms with Gasteiger partial charge in [0.15, 0.2) is 5.82 Å². The van der Waals surface area contributed by atoms with E-state index in [1.807, 2.05) is 6.92 Å². The average molecular weight is 390 g/mol. The Morgan fingerprint density at radius 3 is 2.44 bits per heavy atom. The van der Waals surface area contributed by atoms with Crippen LogP contribution in [0.3, 0.4) is 0 Å². The number of aromatic hydroxyl groups is 1. The summed E-state index contributed by atoms with van der Waals surface area (Å²) in [6.45, 7) is 8.95. The molecule has 1 N–H and O–H groups in total. The van der Waals surface area contributed by atoms with Crippen molar-refractivity contribution in [1.29, 1.82) is 0 Å². The van der Waals surface area contributed by atoms with Crippen LogP contribution in [-0.4, -0.2) is 62.2 Å². The molecule has 1 aliphatic heterocycles. The first kappa shape index (κ1) is 18.3. The van der Waals surface area contributed by atoms with Crippen LogP contribution in [0.15, 0.2) is 24.3 Å². The topological polar surface area (TPSA) is 56.9 Å². The number of halogens is 1. The van der Waals surface area contributed by atoms with Crippen LogP contribution in [0.5, 0.6) is 5.88 Å². The highest BCUT2D eigenvalue weighted by molar-refractivity contribution is 7.17. The van der Waals surface area contributed by atoms with E-state index < -0.39 is 0 Å². The molecule has 1 aliphatic rings. The molecule has 2 aromatic heterocycles. The molecule has 0 saturated carbocycles. The minimum absolute atomic E-state index is 0.134. The summed E-state index contributed by atoms with van der Waals surface area (Å²) >= 11 is 1.46. The van der Waals surface area contributed by atoms with Crippen molar-refractivity contribution in [3.05, 3.63) is 46.3 Å². The summed E-state index contributed by atoms with van der Waals surface area (Å²) in [5, 5.41) is 15.3. The lowest BCUT2D eigenvalue weighted by Gasteiger charge is -2.38. The molecule has 0 unspecified atom stereocenters. The summed E-state index contributed by atoms with van der Waals surface area (Å²) in [6, 6.07) is 6.43. The second-order valence-electron chi connectivity index (χ2n) is 6.79. The summed E-state index contributed by atoms with van der Waals surface area (Å²) in [4.78, 5) is 10.8. The fourth-order valence-electron chi connectivity index (χ4n) is 3.63. The number of piperazine rings is 1. The first-order valence-electron chi connectivity index (χ1n) is 9.39. The van der Waals surface area contributed by atoms with Crippen LogP contribution in [-0.2, 0) is 6.42 Å². The second-order valence-corrected chi connectivity index (χ2v) is 7.80. The lowest BCUT2D eigenvalue weighted by molar-refractivity contribution is 0.113. The van der Waals surface area contributed by atoms with E-state index in [4.69, 9.17) is 0 Å². The van der Waals surface area contributed by atoms with E-state index in [1.54, 1.807) is 12.1 Å². The molecule has 0 bridgehead atoms. The third kappa shape index (κ3) is 3.44. The van der Waals surface area contributed by atoms with Crippen LogP contribution >= 0.6 is 11.3 Å². The number of nitrogens with zero attached hydrogens (tertiary/aromatic N) is 5. The standard InChI is InChI=1S/C19H24FN5OS/c1-3-15-21-19-25(22-15)18(26)17(27-19)16(13-5-7-14(20)8-6-13)24-11-9-23(4-2)10-12-24/h5-8,16,26H,3-4,9-12H2,1-2H3/t16-/m0/s1. The summed E-state index contributed by atoms with van der Waals surface area (Å²) in [6.07, 6.45) is 0.726. The Kier molecular flexibility index (Phi) is 5.12. The zero-order chi connectivity index (χ0) is 19.0. The molecule has 3 aromatic rings. The molecule has 1 atom stereocenters. The number of benzene rings is 1. The first-order valence-corrected chi connectivity index (χ1v) is 10.2. The minimum Gasteiger partial charge on any atom is -0.492 e. The van der Waals surface area contributed by atoms with Crippen molar-refractivity contribution in [3.63, 3.8) is 0 Å². The van der Waals surface area contributed by atoms with Crippen LogP contribution in [0.4, 0.5) is 4.39 Å². The molecule has 1 aromatic carbocycles. The maximum Gasteiger partial charge on any atom is 0.230 e. The zero-order valence-corrected chi connectivity index (χ0v) is 16.4. The van der Waals surface area contributed by atoms with Gasteiger partial charge in [0.1, 0.15) is 5.82 Å². The fraction of sp³-hybridized carbons (Fsp3) is 0.474. The SMILES string of the molecule is CCc1nc2sc([C@H](c3ccc(F)cc3)N3CCN(CC)CC3)c(O)n2n1. The van der Waals surface area contributed by atoms with Gasteiger partial charge in [0.2, 0.25) is 10.8 Å². The number of aromatic nitrogens is 3. The Hall–Kier alpha value is -2.03. The van der Waals surface area contributed by atoms with Gasteiger partial charge >= 0.3 is 0 Å². The van der Waals surface area contributed by atoms with Gasteiger partial charge in [0.05, 0.1) is 10.9 Å². The van der Waals surface area contributed by atoms with E-state index in [9.17, 15) is 9.50 Å². The van der Waals surface area contributed by atoms with Gasteiger partial charge in [0.25, 0.3) is 0 Å². The normalized spacial score (nSPS) is 17.6. The van der Waals surface area contributed by atoms with Crippen molar-refractivity contribution in [3.8, 4) is 5.88 Å². The number of rotatable bonds is 5. The molecule has 0 radical (unpaired) electrons. The Balaban J connectivity index is 1.74. The lowest BCUT2D eigenvalue weighted by atomic mass is 10.0. The van der Waals surface area contributed by atoms with Gasteiger partial charge in [-0.3, -0.25) is 4.90 Å². The summed E-state index contributed by atoms with van der Waals surface area (Å²) in [5.74, 6) is 0.597. The van der Waals surface area contributed by atoms with Crippen LogP contribution in [0, 0.1) is 5.82 Å². The summed E-state index contributed by atoms with van der Waals surface area (Å²) in [5.41, 5.74) is 0.969. The third-order valence-corrected chi connectivity index (χ3v) is 6.29. The molecular weight excluding hydrogens is 365 g/mol. The summed E-state index contributed by atoms with van der Waals surface area (Å²) < 4.78 is 15.0. The molecule has 1 saturated heterocycles. The van der Waals surface area contributed by atoms with Crippen molar-refractivity contribution < 1.29 is 9.50 Å². The Bertz CT molecular complexity index is 914. The quantitative estimate of drug-likeness (QED) is 0.727. The molecule has 0 spiro atoms. The summed E-state index contributed by atoms with van der Waals surface area (Å²) in [7, 11) is 0. The van der Waals surface area contributed by atoms with Crippen LogP contribution in [0.2, 0.25) is 0 Å². The van der Waals surface area contributed by atoms with E-state index in [2.05, 4.69) is 26.8 Å². The van der Waals surface area contributed by atoms with Crippen LogP contribution in [0.1, 0.15) is 36.2 Å². The minimum atomic E-state index is -0.257. The number of hydrogen-bond donors (Lipinski definition) is 1. The monoisotopic (exact) mass is 389 g/mol. The number of likely N-dealkylation sites (N-methyl/N-ethyl adjacent to an activating group) is 1. The molecule has 6 nitrogen and oxygen atoms in total. The number of hydrogen-bond acceptors (Lipinski definition) is 6. The van der Waals surface area contributed by atoms with Gasteiger partial charge in [0, 0.05) is 32.6 Å². The second kappa shape index (κ2) is 7.53. The van der Waals surface area contributed by atoms with Crippen LogP contribution in [0.25, 0.3) is 4.96 Å². The molecule has 1 fully saturated rings. The molecule has 0 aliphatic carbocycles. The number of aryl methyl sites for hydroxylation is 1. The highest BCUT2D eigenvalue weighted by Gasteiger charge is 2.31. The van der Waals surface area contributed by atoms with Gasteiger partial charge < -0.3 is 10.0 Å². The van der Waals surface area contributed by atoms with E-state index in [0.29, 0.717) is 4.96 Å². The maximum atomic E-state index is 13.5. The molecule has 8 heteroatoms. The predicted octanol–water partition coefficient (Wildman–Crippen LogP) is 2.92. The van der Waals surface area contributed by atoms with E-state index in [0.717, 1.165) is 55.4 Å². The molecule has 144 valence electrons. The van der Waals surface area contributed by atoms with Crippen molar-refractivity contribution >= 4 is 16.3 Å². The average Bonchev–Trinajstić information content (AvgIpc) is 3.23. The molecular formula is C19H24FN5OS. The smallest absolute Gasteiger partial charge is 0.230 e. The first-order chi connectivity index (χ1) is 13.1. The molecule has 3 heterocycles. The highest BCUT2D eigenvalue weighted by atomic mass is 32.1. The van der Waals surface area contributed by atoms with Gasteiger partial charge in [-0.2, -0.15) is 4.52 Å². The lowest BCUT2D eigenvalue weighted by Crippen LogP contribution is -2.47. The van der Waals surface area contributed by atoms with Crippen LogP contribution < -0.4 is 0 Å². The van der Waals surface area contributed by atoms with Gasteiger partial charge in [-0.15, -0.1) is 5.10 Å². The van der Waals surface area contributed by atoms with Gasteiger partial charge in [-0.25, -0.2) is 9.37 Å². The Morgan fingerprint density at radius 2 is 1.85 bits per heavy atom. The van der Waals surface area contributed by atoms with Gasteiger partial charge in [-0.1, -0.05) is 37.3 Å². The largest absolute Gasteiger partial charge is 0.492 e. The maximum absolute atomic E-state index is 13.5. The Morgan fingerprint density at radius 1 is 1.15 bits per heavy atom. The molecule has 27 heavy (non-hydrogen) atoms.